The van der Waals surface area contributed by atoms with Crippen molar-refractivity contribution in [1.82, 2.24) is 5.32 Å². The number of fused-ring (bicyclic) bond motifs is 1. The molecule has 0 fully saturated rings. The lowest BCUT2D eigenvalue weighted by atomic mass is 9.95. The summed E-state index contributed by atoms with van der Waals surface area (Å²) in [7, 11) is 3.06. The molecule has 21 heavy (non-hydrogen) atoms. The zero-order valence-electron chi connectivity index (χ0n) is 12.7. The van der Waals surface area contributed by atoms with Gasteiger partial charge < -0.3 is 14.8 Å². The van der Waals surface area contributed by atoms with Crippen LogP contribution in [-0.2, 0) is 9.53 Å². The van der Waals surface area contributed by atoms with Crippen molar-refractivity contribution < 1.29 is 14.3 Å². The third kappa shape index (κ3) is 3.34. The average molecular weight is 287 g/mol. The first-order valence-electron chi connectivity index (χ1n) is 7.07. The van der Waals surface area contributed by atoms with Gasteiger partial charge in [0.05, 0.1) is 20.6 Å². The van der Waals surface area contributed by atoms with E-state index < -0.39 is 0 Å². The molecule has 2 aromatic rings. The van der Waals surface area contributed by atoms with E-state index in [4.69, 9.17) is 9.47 Å². The number of esters is 1. The summed E-state index contributed by atoms with van der Waals surface area (Å²) < 4.78 is 10.3. The largest absolute Gasteiger partial charge is 0.496 e. The summed E-state index contributed by atoms with van der Waals surface area (Å²) in [6.07, 6.45) is 0.273. The molecule has 0 aliphatic carbocycles. The highest BCUT2D eigenvalue weighted by molar-refractivity contribution is 5.89. The predicted molar refractivity (Wildman–Crippen MR) is 83.6 cm³/mol. The maximum atomic E-state index is 11.7. The Morgan fingerprint density at radius 3 is 2.62 bits per heavy atom. The molecule has 1 atom stereocenters. The number of hydrogen-bond acceptors (Lipinski definition) is 4. The smallest absolute Gasteiger partial charge is 0.307 e. The molecule has 0 aliphatic rings. The van der Waals surface area contributed by atoms with Crippen LogP contribution < -0.4 is 10.1 Å². The Bertz CT molecular complexity index is 624. The van der Waals surface area contributed by atoms with Crippen molar-refractivity contribution in [2.45, 2.75) is 19.4 Å². The Kier molecular flexibility index (Phi) is 5.17. The molecule has 0 amide bonds. The molecule has 0 saturated heterocycles. The fraction of sp³-hybridized carbons (Fsp3) is 0.353. The Morgan fingerprint density at radius 2 is 1.95 bits per heavy atom. The van der Waals surface area contributed by atoms with Gasteiger partial charge in [0.15, 0.2) is 0 Å². The van der Waals surface area contributed by atoms with Crippen molar-refractivity contribution in [1.29, 1.82) is 0 Å². The van der Waals surface area contributed by atoms with Crippen LogP contribution in [0.2, 0.25) is 0 Å². The first kappa shape index (κ1) is 15.3. The van der Waals surface area contributed by atoms with Crippen LogP contribution in [0.4, 0.5) is 0 Å². The molecular formula is C17H21NO3. The van der Waals surface area contributed by atoms with Crippen molar-refractivity contribution in [2.75, 3.05) is 20.8 Å². The molecule has 0 radical (unpaired) electrons. The minimum absolute atomic E-state index is 0.136. The Balaban J connectivity index is 2.55. The summed E-state index contributed by atoms with van der Waals surface area (Å²) in [5, 5.41) is 5.57. The summed E-state index contributed by atoms with van der Waals surface area (Å²) in [6.45, 7) is 2.77. The van der Waals surface area contributed by atoms with E-state index in [0.29, 0.717) is 0 Å². The minimum Gasteiger partial charge on any atom is -0.496 e. The Morgan fingerprint density at radius 1 is 1.19 bits per heavy atom. The van der Waals surface area contributed by atoms with E-state index in [-0.39, 0.29) is 18.4 Å². The zero-order valence-corrected chi connectivity index (χ0v) is 12.7. The lowest BCUT2D eigenvalue weighted by molar-refractivity contribution is -0.141. The Hall–Kier alpha value is -2.07. The molecular weight excluding hydrogens is 266 g/mol. The van der Waals surface area contributed by atoms with Gasteiger partial charge in [-0.25, -0.2) is 0 Å². The fourth-order valence-corrected chi connectivity index (χ4v) is 2.59. The van der Waals surface area contributed by atoms with Crippen molar-refractivity contribution in [3.05, 3.63) is 42.0 Å². The van der Waals surface area contributed by atoms with Crippen molar-refractivity contribution in [3.63, 3.8) is 0 Å². The number of carbonyl (C=O) groups excluding carboxylic acids is 1. The van der Waals surface area contributed by atoms with E-state index in [1.165, 1.54) is 7.11 Å². The molecule has 1 N–H and O–H groups in total. The number of carbonyl (C=O) groups is 1. The number of rotatable bonds is 6. The molecule has 0 bridgehead atoms. The van der Waals surface area contributed by atoms with Crippen LogP contribution in [-0.4, -0.2) is 26.7 Å². The molecule has 0 spiro atoms. The van der Waals surface area contributed by atoms with Gasteiger partial charge in [0.1, 0.15) is 5.75 Å². The second-order valence-corrected chi connectivity index (χ2v) is 4.79. The first-order chi connectivity index (χ1) is 10.2. The first-order valence-corrected chi connectivity index (χ1v) is 7.07. The highest BCUT2D eigenvalue weighted by Gasteiger charge is 2.21. The van der Waals surface area contributed by atoms with Gasteiger partial charge in [-0.15, -0.1) is 0 Å². The highest BCUT2D eigenvalue weighted by Crippen LogP contribution is 2.34. The molecule has 0 heterocycles. The lowest BCUT2D eigenvalue weighted by Gasteiger charge is -2.21. The minimum atomic E-state index is -0.240. The van der Waals surface area contributed by atoms with Crippen LogP contribution in [0.15, 0.2) is 36.4 Å². The Labute approximate surface area is 125 Å². The van der Waals surface area contributed by atoms with Gasteiger partial charge in [-0.2, -0.15) is 0 Å². The number of benzene rings is 2. The monoisotopic (exact) mass is 287 g/mol. The van der Waals surface area contributed by atoms with Gasteiger partial charge in [-0.05, 0) is 23.4 Å². The highest BCUT2D eigenvalue weighted by atomic mass is 16.5. The van der Waals surface area contributed by atoms with E-state index in [9.17, 15) is 4.79 Å². The van der Waals surface area contributed by atoms with Gasteiger partial charge in [0.2, 0.25) is 0 Å². The SMILES string of the molecule is CCNC(CC(=O)OC)c1c(OC)ccc2ccccc12. The third-order valence-electron chi connectivity index (χ3n) is 3.55. The summed E-state index contributed by atoms with van der Waals surface area (Å²) >= 11 is 0. The molecule has 1 unspecified atom stereocenters. The molecule has 4 heteroatoms. The van der Waals surface area contributed by atoms with E-state index in [1.807, 2.05) is 31.2 Å². The van der Waals surface area contributed by atoms with Gasteiger partial charge in [0, 0.05) is 11.6 Å². The number of hydrogen-bond donors (Lipinski definition) is 1. The average Bonchev–Trinajstić information content (AvgIpc) is 2.53. The maximum Gasteiger partial charge on any atom is 0.307 e. The second-order valence-electron chi connectivity index (χ2n) is 4.79. The van der Waals surface area contributed by atoms with Crippen LogP contribution in [0.25, 0.3) is 10.8 Å². The molecule has 4 nitrogen and oxygen atoms in total. The van der Waals surface area contributed by atoms with Crippen molar-refractivity contribution in [2.24, 2.45) is 0 Å². The fourth-order valence-electron chi connectivity index (χ4n) is 2.59. The lowest BCUT2D eigenvalue weighted by Crippen LogP contribution is -2.25. The number of ether oxygens (including phenoxy) is 2. The van der Waals surface area contributed by atoms with E-state index in [1.54, 1.807) is 7.11 Å². The van der Waals surface area contributed by atoms with Crippen LogP contribution in [0, 0.1) is 0 Å². The summed E-state index contributed by atoms with van der Waals surface area (Å²) in [5.41, 5.74) is 1.00. The van der Waals surface area contributed by atoms with Crippen molar-refractivity contribution in [3.8, 4) is 5.75 Å². The van der Waals surface area contributed by atoms with E-state index in [2.05, 4.69) is 17.4 Å². The maximum absolute atomic E-state index is 11.7. The summed E-state index contributed by atoms with van der Waals surface area (Å²) in [6, 6.07) is 11.9. The van der Waals surface area contributed by atoms with Gasteiger partial charge in [-0.3, -0.25) is 4.79 Å². The number of methoxy groups -OCH3 is 2. The van der Waals surface area contributed by atoms with E-state index in [0.717, 1.165) is 28.6 Å². The third-order valence-corrected chi connectivity index (χ3v) is 3.55. The van der Waals surface area contributed by atoms with Gasteiger partial charge >= 0.3 is 5.97 Å². The molecule has 0 saturated carbocycles. The standard InChI is InChI=1S/C17H21NO3/c1-4-18-14(11-16(19)21-3)17-13-8-6-5-7-12(13)9-10-15(17)20-2/h5-10,14,18H,4,11H2,1-3H3. The summed E-state index contributed by atoms with van der Waals surface area (Å²) in [5.74, 6) is 0.541. The zero-order chi connectivity index (χ0) is 15.2. The number of nitrogens with one attached hydrogen (secondary N) is 1. The normalized spacial score (nSPS) is 12.1. The van der Waals surface area contributed by atoms with Gasteiger partial charge in [-0.1, -0.05) is 37.3 Å². The quantitative estimate of drug-likeness (QED) is 0.830. The van der Waals surface area contributed by atoms with E-state index >= 15 is 0 Å². The molecule has 2 rings (SSSR count). The molecule has 2 aromatic carbocycles. The summed E-state index contributed by atoms with van der Waals surface area (Å²) in [4.78, 5) is 11.7. The predicted octanol–water partition coefficient (Wildman–Crippen LogP) is 3.06. The van der Waals surface area contributed by atoms with Crippen LogP contribution >= 0.6 is 0 Å². The van der Waals surface area contributed by atoms with Gasteiger partial charge in [0.25, 0.3) is 0 Å². The van der Waals surface area contributed by atoms with Crippen LogP contribution in [0.3, 0.4) is 0 Å². The molecule has 0 aromatic heterocycles. The van der Waals surface area contributed by atoms with Crippen LogP contribution in [0.5, 0.6) is 5.75 Å². The molecule has 112 valence electrons. The second kappa shape index (κ2) is 7.09. The topological polar surface area (TPSA) is 47.6 Å². The molecule has 0 aliphatic heterocycles. The van der Waals surface area contributed by atoms with Crippen LogP contribution in [0.1, 0.15) is 24.9 Å². The van der Waals surface area contributed by atoms with Crippen molar-refractivity contribution >= 4 is 16.7 Å².